The molecule has 0 radical (unpaired) electrons. The molecule has 0 atom stereocenters. The van der Waals surface area contributed by atoms with E-state index >= 15 is 0 Å². The molecule has 0 aliphatic rings. The average Bonchev–Trinajstić information content (AvgIpc) is 2.95. The lowest BCUT2D eigenvalue weighted by Crippen LogP contribution is -2.33. The van der Waals surface area contributed by atoms with E-state index in [2.05, 4.69) is 14.9 Å². The van der Waals surface area contributed by atoms with Gasteiger partial charge in [0.2, 0.25) is 10.0 Å². The van der Waals surface area contributed by atoms with Gasteiger partial charge in [0, 0.05) is 25.0 Å². The Morgan fingerprint density at radius 3 is 2.80 bits per heavy atom. The molecule has 20 heavy (non-hydrogen) atoms. The van der Waals surface area contributed by atoms with E-state index in [4.69, 9.17) is 0 Å². The Balaban J connectivity index is 2.12. The topological polar surface area (TPSA) is 98.9 Å². The quantitative estimate of drug-likeness (QED) is 0.765. The van der Waals surface area contributed by atoms with Crippen molar-refractivity contribution in [1.29, 1.82) is 0 Å². The molecule has 0 fully saturated rings. The molecule has 2 heterocycles. The highest BCUT2D eigenvalue weighted by Gasteiger charge is 2.07. The standard InChI is InChI=1S/C11H15N5O3S/c1-2-20(18,19)13-7-9-16-11(17)5-4-10(14-16)15-8-3-6-12-15/h3-6,8,13H,2,7,9H2,1H3. The number of nitrogens with zero attached hydrogens (tertiary/aromatic N) is 4. The van der Waals surface area contributed by atoms with Crippen LogP contribution in [0.25, 0.3) is 5.82 Å². The van der Waals surface area contributed by atoms with Gasteiger partial charge in [-0.2, -0.15) is 5.10 Å². The summed E-state index contributed by atoms with van der Waals surface area (Å²) in [4.78, 5) is 11.7. The molecule has 1 N–H and O–H groups in total. The van der Waals surface area contributed by atoms with E-state index in [0.29, 0.717) is 5.82 Å². The normalized spacial score (nSPS) is 11.7. The first-order valence-corrected chi connectivity index (χ1v) is 7.72. The van der Waals surface area contributed by atoms with Gasteiger partial charge in [0.1, 0.15) is 0 Å². The minimum Gasteiger partial charge on any atom is -0.268 e. The van der Waals surface area contributed by atoms with Gasteiger partial charge < -0.3 is 0 Å². The number of nitrogens with one attached hydrogen (secondary N) is 1. The van der Waals surface area contributed by atoms with Crippen LogP contribution < -0.4 is 10.3 Å². The second-order valence-electron chi connectivity index (χ2n) is 4.00. The van der Waals surface area contributed by atoms with Crippen molar-refractivity contribution in [3.8, 4) is 5.82 Å². The lowest BCUT2D eigenvalue weighted by atomic mass is 10.5. The van der Waals surface area contributed by atoms with E-state index < -0.39 is 10.0 Å². The Kier molecular flexibility index (Phi) is 4.30. The zero-order valence-electron chi connectivity index (χ0n) is 10.9. The van der Waals surface area contributed by atoms with Crippen molar-refractivity contribution in [1.82, 2.24) is 24.3 Å². The summed E-state index contributed by atoms with van der Waals surface area (Å²) >= 11 is 0. The lowest BCUT2D eigenvalue weighted by molar-refractivity contribution is 0.542. The van der Waals surface area contributed by atoms with Crippen LogP contribution in [-0.2, 0) is 16.6 Å². The Bertz CT molecular complexity index is 721. The fraction of sp³-hybridized carbons (Fsp3) is 0.364. The van der Waals surface area contributed by atoms with E-state index in [1.165, 1.54) is 15.4 Å². The van der Waals surface area contributed by atoms with E-state index in [9.17, 15) is 13.2 Å². The Morgan fingerprint density at radius 1 is 1.35 bits per heavy atom. The van der Waals surface area contributed by atoms with E-state index in [0.717, 1.165) is 0 Å². The SMILES string of the molecule is CCS(=O)(=O)NCCn1nc(-n2cccn2)ccc1=O. The summed E-state index contributed by atoms with van der Waals surface area (Å²) in [5.74, 6) is 0.496. The van der Waals surface area contributed by atoms with Crippen LogP contribution in [0.15, 0.2) is 35.4 Å². The van der Waals surface area contributed by atoms with E-state index in [1.54, 1.807) is 31.5 Å². The van der Waals surface area contributed by atoms with Crippen molar-refractivity contribution in [2.45, 2.75) is 13.5 Å². The first-order valence-electron chi connectivity index (χ1n) is 6.07. The van der Waals surface area contributed by atoms with Crippen LogP contribution in [0.3, 0.4) is 0 Å². The maximum absolute atomic E-state index is 11.7. The number of aromatic nitrogens is 4. The summed E-state index contributed by atoms with van der Waals surface area (Å²) in [6.45, 7) is 1.82. The van der Waals surface area contributed by atoms with Gasteiger partial charge in [0.25, 0.3) is 5.56 Å². The van der Waals surface area contributed by atoms with Crippen molar-refractivity contribution in [2.24, 2.45) is 0 Å². The molecular formula is C11H15N5O3S. The second-order valence-corrected chi connectivity index (χ2v) is 6.10. The number of hydrogen-bond donors (Lipinski definition) is 1. The molecule has 9 heteroatoms. The largest absolute Gasteiger partial charge is 0.268 e. The van der Waals surface area contributed by atoms with Gasteiger partial charge in [0.05, 0.1) is 12.3 Å². The highest BCUT2D eigenvalue weighted by molar-refractivity contribution is 7.89. The summed E-state index contributed by atoms with van der Waals surface area (Å²) < 4.78 is 27.7. The van der Waals surface area contributed by atoms with Crippen LogP contribution in [0.4, 0.5) is 0 Å². The molecule has 0 saturated carbocycles. The van der Waals surface area contributed by atoms with Gasteiger partial charge >= 0.3 is 0 Å². The third-order valence-electron chi connectivity index (χ3n) is 2.62. The zero-order valence-corrected chi connectivity index (χ0v) is 11.7. The van der Waals surface area contributed by atoms with Crippen molar-refractivity contribution in [2.75, 3.05) is 12.3 Å². The second kappa shape index (κ2) is 5.97. The molecule has 0 aliphatic carbocycles. The van der Waals surface area contributed by atoms with Crippen LogP contribution >= 0.6 is 0 Å². The monoisotopic (exact) mass is 297 g/mol. The van der Waals surface area contributed by atoms with E-state index in [1.807, 2.05) is 0 Å². The molecule has 0 amide bonds. The minimum absolute atomic E-state index is 0.00263. The van der Waals surface area contributed by atoms with Crippen molar-refractivity contribution >= 4 is 10.0 Å². The highest BCUT2D eigenvalue weighted by Crippen LogP contribution is 1.98. The third kappa shape index (κ3) is 3.52. The Labute approximate surface area is 116 Å². The molecule has 2 aromatic heterocycles. The molecule has 8 nitrogen and oxygen atoms in total. The first kappa shape index (κ1) is 14.4. The number of hydrogen-bond acceptors (Lipinski definition) is 5. The van der Waals surface area contributed by atoms with Crippen LogP contribution in [-0.4, -0.2) is 40.3 Å². The maximum atomic E-state index is 11.7. The highest BCUT2D eigenvalue weighted by atomic mass is 32.2. The molecule has 0 aromatic carbocycles. The van der Waals surface area contributed by atoms with Gasteiger partial charge in [-0.1, -0.05) is 0 Å². The lowest BCUT2D eigenvalue weighted by Gasteiger charge is -2.08. The van der Waals surface area contributed by atoms with Crippen LogP contribution in [0.2, 0.25) is 0 Å². The van der Waals surface area contributed by atoms with Gasteiger partial charge in [-0.15, -0.1) is 5.10 Å². The van der Waals surface area contributed by atoms with Gasteiger partial charge in [-0.05, 0) is 19.1 Å². The van der Waals surface area contributed by atoms with Crippen LogP contribution in [0, 0.1) is 0 Å². The molecular weight excluding hydrogens is 282 g/mol. The smallest absolute Gasteiger partial charge is 0.266 e. The average molecular weight is 297 g/mol. The first-order chi connectivity index (χ1) is 9.52. The third-order valence-corrected chi connectivity index (χ3v) is 4.02. The fourth-order valence-electron chi connectivity index (χ4n) is 1.53. The molecule has 2 rings (SSSR count). The molecule has 0 unspecified atom stereocenters. The van der Waals surface area contributed by atoms with Gasteiger partial charge in [-0.3, -0.25) is 4.79 Å². The van der Waals surface area contributed by atoms with Crippen LogP contribution in [0.1, 0.15) is 6.92 Å². The number of sulfonamides is 1. The summed E-state index contributed by atoms with van der Waals surface area (Å²) in [6, 6.07) is 4.67. The maximum Gasteiger partial charge on any atom is 0.266 e. The molecule has 0 aliphatic heterocycles. The molecule has 0 saturated heterocycles. The molecule has 0 spiro atoms. The summed E-state index contributed by atoms with van der Waals surface area (Å²) in [6.07, 6.45) is 3.31. The van der Waals surface area contributed by atoms with Gasteiger partial charge in [0.15, 0.2) is 5.82 Å². The van der Waals surface area contributed by atoms with Crippen molar-refractivity contribution in [3.63, 3.8) is 0 Å². The summed E-state index contributed by atoms with van der Waals surface area (Å²) in [7, 11) is -3.27. The van der Waals surface area contributed by atoms with E-state index in [-0.39, 0.29) is 24.4 Å². The summed E-state index contributed by atoms with van der Waals surface area (Å²) in [5.41, 5.74) is -0.295. The van der Waals surface area contributed by atoms with Crippen LogP contribution in [0.5, 0.6) is 0 Å². The Morgan fingerprint density at radius 2 is 2.15 bits per heavy atom. The predicted octanol–water partition coefficient (Wildman–Crippen LogP) is -0.632. The Hall–Kier alpha value is -2.00. The van der Waals surface area contributed by atoms with Crippen molar-refractivity contribution < 1.29 is 8.42 Å². The zero-order chi connectivity index (χ0) is 14.6. The van der Waals surface area contributed by atoms with Gasteiger partial charge in [-0.25, -0.2) is 22.5 Å². The van der Waals surface area contributed by atoms with Crippen molar-refractivity contribution in [3.05, 3.63) is 40.9 Å². The number of rotatable bonds is 6. The fourth-order valence-corrected chi connectivity index (χ4v) is 2.14. The summed E-state index contributed by atoms with van der Waals surface area (Å²) in [5, 5.41) is 8.15. The predicted molar refractivity (Wildman–Crippen MR) is 73.1 cm³/mol. The molecule has 108 valence electrons. The minimum atomic E-state index is -3.27. The molecule has 0 bridgehead atoms. The molecule has 2 aromatic rings.